The Balaban J connectivity index is 2.82. The third kappa shape index (κ3) is 4.43. The third-order valence-electron chi connectivity index (χ3n) is 3.69. The van der Waals surface area contributed by atoms with E-state index < -0.39 is 16.7 Å². The Morgan fingerprint density at radius 3 is 2.00 bits per heavy atom. The number of nitrogens with one attached hydrogen (secondary N) is 1. The molecule has 4 nitrogen and oxygen atoms in total. The summed E-state index contributed by atoms with van der Waals surface area (Å²) >= 11 is 0. The summed E-state index contributed by atoms with van der Waals surface area (Å²) in [5.74, 6) is -0.329. The standard InChI is InChI=1S/C16H24FNO3/c1-14(2,21-12-9-7-11(17)8-10-12)13(19)18-15(3,4)16(5,6)20/h7-10,20H,1-6H3,(H,18,19). The van der Waals surface area contributed by atoms with E-state index in [0.717, 1.165) is 0 Å². The van der Waals surface area contributed by atoms with Crippen molar-refractivity contribution in [3.8, 4) is 5.75 Å². The topological polar surface area (TPSA) is 58.6 Å². The molecule has 0 saturated carbocycles. The minimum Gasteiger partial charge on any atom is -0.478 e. The molecule has 0 radical (unpaired) electrons. The average molecular weight is 297 g/mol. The lowest BCUT2D eigenvalue weighted by Gasteiger charge is -2.40. The van der Waals surface area contributed by atoms with Crippen molar-refractivity contribution in [1.82, 2.24) is 5.32 Å². The summed E-state index contributed by atoms with van der Waals surface area (Å²) in [4.78, 5) is 12.4. The SMILES string of the molecule is CC(C)(Oc1ccc(F)cc1)C(=O)NC(C)(C)C(C)(C)O. The Morgan fingerprint density at radius 1 is 1.10 bits per heavy atom. The van der Waals surface area contributed by atoms with Crippen LogP contribution in [0.15, 0.2) is 24.3 Å². The van der Waals surface area contributed by atoms with Gasteiger partial charge in [0.2, 0.25) is 0 Å². The van der Waals surface area contributed by atoms with Crippen molar-refractivity contribution in [3.05, 3.63) is 30.1 Å². The largest absolute Gasteiger partial charge is 0.478 e. The summed E-state index contributed by atoms with van der Waals surface area (Å²) in [7, 11) is 0. The van der Waals surface area contributed by atoms with Crippen molar-refractivity contribution in [2.24, 2.45) is 0 Å². The molecule has 1 amide bonds. The van der Waals surface area contributed by atoms with Crippen molar-refractivity contribution in [2.45, 2.75) is 58.3 Å². The lowest BCUT2D eigenvalue weighted by molar-refractivity contribution is -0.139. The van der Waals surface area contributed by atoms with Crippen molar-refractivity contribution < 1.29 is 19.0 Å². The van der Waals surface area contributed by atoms with E-state index in [-0.39, 0.29) is 11.7 Å². The maximum Gasteiger partial charge on any atom is 0.264 e. The van der Waals surface area contributed by atoms with Crippen LogP contribution in [0.5, 0.6) is 5.75 Å². The van der Waals surface area contributed by atoms with Gasteiger partial charge in [-0.25, -0.2) is 4.39 Å². The number of carbonyl (C=O) groups excluding carboxylic acids is 1. The lowest BCUT2D eigenvalue weighted by Crippen LogP contribution is -2.62. The summed E-state index contributed by atoms with van der Waals surface area (Å²) in [6.45, 7) is 9.96. The van der Waals surface area contributed by atoms with Gasteiger partial charge < -0.3 is 15.2 Å². The Labute approximate surface area is 125 Å². The second kappa shape index (κ2) is 5.64. The number of hydrogen-bond acceptors (Lipinski definition) is 3. The zero-order valence-corrected chi connectivity index (χ0v) is 13.5. The first-order valence-electron chi connectivity index (χ1n) is 6.85. The highest BCUT2D eigenvalue weighted by Crippen LogP contribution is 2.24. The number of halogens is 1. The summed E-state index contributed by atoms with van der Waals surface area (Å²) < 4.78 is 18.5. The van der Waals surface area contributed by atoms with Crippen LogP contribution in [0, 0.1) is 5.82 Å². The van der Waals surface area contributed by atoms with Gasteiger partial charge >= 0.3 is 0 Å². The number of hydrogen-bond donors (Lipinski definition) is 2. The van der Waals surface area contributed by atoms with Crippen LogP contribution in [0.2, 0.25) is 0 Å². The van der Waals surface area contributed by atoms with Crippen molar-refractivity contribution >= 4 is 5.91 Å². The van der Waals surface area contributed by atoms with Crippen LogP contribution in [-0.4, -0.2) is 27.8 Å². The van der Waals surface area contributed by atoms with E-state index in [9.17, 15) is 14.3 Å². The smallest absolute Gasteiger partial charge is 0.264 e. The number of aliphatic hydroxyl groups is 1. The molecular weight excluding hydrogens is 273 g/mol. The normalized spacial score (nSPS) is 13.0. The first-order valence-corrected chi connectivity index (χ1v) is 6.85. The highest BCUT2D eigenvalue weighted by molar-refractivity contribution is 5.85. The molecule has 2 N–H and O–H groups in total. The predicted molar refractivity (Wildman–Crippen MR) is 79.6 cm³/mol. The zero-order valence-electron chi connectivity index (χ0n) is 13.5. The van der Waals surface area contributed by atoms with Gasteiger partial charge in [0.15, 0.2) is 5.60 Å². The number of ether oxygens (including phenoxy) is 1. The Hall–Kier alpha value is -1.62. The molecule has 0 bridgehead atoms. The fourth-order valence-corrected chi connectivity index (χ4v) is 1.43. The number of amides is 1. The number of carbonyl (C=O) groups is 1. The van der Waals surface area contributed by atoms with Crippen molar-refractivity contribution in [2.75, 3.05) is 0 Å². The van der Waals surface area contributed by atoms with Gasteiger partial charge in [0, 0.05) is 0 Å². The minimum atomic E-state index is -1.15. The highest BCUT2D eigenvalue weighted by atomic mass is 19.1. The van der Waals surface area contributed by atoms with Gasteiger partial charge in [0.05, 0.1) is 11.1 Å². The van der Waals surface area contributed by atoms with Crippen LogP contribution in [0.4, 0.5) is 4.39 Å². The third-order valence-corrected chi connectivity index (χ3v) is 3.69. The van der Waals surface area contributed by atoms with E-state index in [1.807, 2.05) is 0 Å². The number of rotatable bonds is 5. The van der Waals surface area contributed by atoms with Crippen molar-refractivity contribution in [3.63, 3.8) is 0 Å². The second-order valence-electron chi connectivity index (χ2n) is 6.70. The Morgan fingerprint density at radius 2 is 1.57 bits per heavy atom. The summed E-state index contributed by atoms with van der Waals surface area (Å²) in [6, 6.07) is 5.46. The molecule has 5 heteroatoms. The molecule has 0 heterocycles. The van der Waals surface area contributed by atoms with Crippen LogP contribution in [-0.2, 0) is 4.79 Å². The molecule has 0 aliphatic carbocycles. The maximum absolute atomic E-state index is 12.9. The van der Waals surface area contributed by atoms with Crippen molar-refractivity contribution in [1.29, 1.82) is 0 Å². The van der Waals surface area contributed by atoms with Crippen LogP contribution in [0.3, 0.4) is 0 Å². The van der Waals surface area contributed by atoms with E-state index in [1.165, 1.54) is 24.3 Å². The van der Waals surface area contributed by atoms with Gasteiger partial charge in [-0.1, -0.05) is 0 Å². The molecule has 1 rings (SSSR count). The van der Waals surface area contributed by atoms with Crippen LogP contribution >= 0.6 is 0 Å². The minimum absolute atomic E-state index is 0.362. The fourth-order valence-electron chi connectivity index (χ4n) is 1.43. The van der Waals surface area contributed by atoms with Gasteiger partial charge in [-0.3, -0.25) is 4.79 Å². The molecule has 0 atom stereocenters. The summed E-state index contributed by atoms with van der Waals surface area (Å²) in [5.41, 5.74) is -3.07. The zero-order chi connectivity index (χ0) is 16.5. The molecule has 118 valence electrons. The predicted octanol–water partition coefficient (Wildman–Crippen LogP) is 2.65. The molecule has 1 aromatic rings. The Kier molecular flexibility index (Phi) is 4.68. The molecule has 1 aromatic carbocycles. The molecule has 0 aromatic heterocycles. The second-order valence-corrected chi connectivity index (χ2v) is 6.70. The van der Waals surface area contributed by atoms with E-state index in [2.05, 4.69) is 5.32 Å². The maximum atomic E-state index is 12.9. The van der Waals surface area contributed by atoms with Crippen LogP contribution in [0.25, 0.3) is 0 Å². The molecule has 0 saturated heterocycles. The highest BCUT2D eigenvalue weighted by Gasteiger charge is 2.40. The van der Waals surface area contributed by atoms with Gasteiger partial charge in [0.25, 0.3) is 5.91 Å². The van der Waals surface area contributed by atoms with E-state index >= 15 is 0 Å². The van der Waals surface area contributed by atoms with Gasteiger partial charge in [-0.05, 0) is 65.8 Å². The fraction of sp³-hybridized carbons (Fsp3) is 0.562. The van der Waals surface area contributed by atoms with E-state index in [0.29, 0.717) is 5.75 Å². The molecule has 0 aliphatic rings. The molecule has 21 heavy (non-hydrogen) atoms. The molecule has 0 unspecified atom stereocenters. The summed E-state index contributed by atoms with van der Waals surface area (Å²) in [6.07, 6.45) is 0. The van der Waals surface area contributed by atoms with E-state index in [1.54, 1.807) is 41.5 Å². The quantitative estimate of drug-likeness (QED) is 0.878. The molecule has 0 aliphatic heterocycles. The van der Waals surface area contributed by atoms with Crippen LogP contribution in [0.1, 0.15) is 41.5 Å². The molecular formula is C16H24FNO3. The molecule has 0 fully saturated rings. The van der Waals surface area contributed by atoms with Gasteiger partial charge in [0.1, 0.15) is 11.6 Å². The summed E-state index contributed by atoms with van der Waals surface area (Å²) in [5, 5.41) is 12.9. The number of benzene rings is 1. The lowest BCUT2D eigenvalue weighted by atomic mass is 9.85. The van der Waals surface area contributed by atoms with Gasteiger partial charge in [-0.15, -0.1) is 0 Å². The van der Waals surface area contributed by atoms with E-state index in [4.69, 9.17) is 4.74 Å². The first kappa shape index (κ1) is 17.4. The monoisotopic (exact) mass is 297 g/mol. The van der Waals surface area contributed by atoms with Gasteiger partial charge in [-0.2, -0.15) is 0 Å². The van der Waals surface area contributed by atoms with Crippen LogP contribution < -0.4 is 10.1 Å². The molecule has 0 spiro atoms. The first-order chi connectivity index (χ1) is 9.35. The Bertz CT molecular complexity index is 501. The average Bonchev–Trinajstić information content (AvgIpc) is 2.29.